The highest BCUT2D eigenvalue weighted by atomic mass is 19.3. The molecule has 0 heterocycles. The summed E-state index contributed by atoms with van der Waals surface area (Å²) in [5, 5.41) is 12.4. The standard InChI is InChI=1S/C15H23F2NO2/c1-11(18-10-15(2,3)8-9-19)12-4-6-13(7-5-12)20-14(16)17/h4-7,11,14,18-19H,8-10H2,1-3H3. The van der Waals surface area contributed by atoms with Crippen molar-refractivity contribution in [2.24, 2.45) is 5.41 Å². The molecule has 5 heteroatoms. The summed E-state index contributed by atoms with van der Waals surface area (Å²) < 4.78 is 28.4. The minimum Gasteiger partial charge on any atom is -0.435 e. The molecule has 114 valence electrons. The Kier molecular flexibility index (Phi) is 6.36. The number of halogens is 2. The summed E-state index contributed by atoms with van der Waals surface area (Å²) >= 11 is 0. The molecule has 0 aliphatic rings. The summed E-state index contributed by atoms with van der Waals surface area (Å²) in [6.07, 6.45) is 0.730. The van der Waals surface area contributed by atoms with Crippen molar-refractivity contribution in [3.63, 3.8) is 0 Å². The summed E-state index contributed by atoms with van der Waals surface area (Å²) in [6.45, 7) is 4.33. The predicted octanol–water partition coefficient (Wildman–Crippen LogP) is 3.35. The molecule has 0 radical (unpaired) electrons. The summed E-state index contributed by atoms with van der Waals surface area (Å²) in [7, 11) is 0. The zero-order valence-electron chi connectivity index (χ0n) is 12.2. The lowest BCUT2D eigenvalue weighted by atomic mass is 9.89. The van der Waals surface area contributed by atoms with Crippen LogP contribution in [0.2, 0.25) is 0 Å². The number of benzene rings is 1. The number of ether oxygens (including phenoxy) is 1. The van der Waals surface area contributed by atoms with E-state index < -0.39 is 6.61 Å². The van der Waals surface area contributed by atoms with Gasteiger partial charge in [0, 0.05) is 19.2 Å². The summed E-state index contributed by atoms with van der Waals surface area (Å²) in [6, 6.07) is 6.73. The minimum atomic E-state index is -2.80. The van der Waals surface area contributed by atoms with E-state index in [1.54, 1.807) is 24.3 Å². The van der Waals surface area contributed by atoms with E-state index in [0.717, 1.165) is 18.5 Å². The molecule has 1 rings (SSSR count). The zero-order valence-corrected chi connectivity index (χ0v) is 12.2. The van der Waals surface area contributed by atoms with Gasteiger partial charge >= 0.3 is 6.61 Å². The molecule has 1 atom stereocenters. The summed E-state index contributed by atoms with van der Waals surface area (Å²) in [5.74, 6) is 0.163. The van der Waals surface area contributed by atoms with Crippen LogP contribution in [-0.4, -0.2) is 24.9 Å². The molecule has 1 aromatic rings. The molecular weight excluding hydrogens is 264 g/mol. The molecule has 0 aromatic heterocycles. The van der Waals surface area contributed by atoms with Crippen molar-refractivity contribution < 1.29 is 18.6 Å². The van der Waals surface area contributed by atoms with Crippen LogP contribution in [0.15, 0.2) is 24.3 Å². The van der Waals surface area contributed by atoms with Crippen molar-refractivity contribution in [1.82, 2.24) is 5.32 Å². The second-order valence-corrected chi connectivity index (χ2v) is 5.69. The third-order valence-electron chi connectivity index (χ3n) is 3.28. The molecule has 0 amide bonds. The van der Waals surface area contributed by atoms with E-state index in [1.807, 2.05) is 6.92 Å². The van der Waals surface area contributed by atoms with Crippen LogP contribution in [0.3, 0.4) is 0 Å². The highest BCUT2D eigenvalue weighted by Crippen LogP contribution is 2.22. The Balaban J connectivity index is 2.53. The van der Waals surface area contributed by atoms with Crippen LogP contribution >= 0.6 is 0 Å². The summed E-state index contributed by atoms with van der Waals surface area (Å²) in [4.78, 5) is 0. The van der Waals surface area contributed by atoms with Crippen molar-refractivity contribution in [3.05, 3.63) is 29.8 Å². The van der Waals surface area contributed by atoms with Crippen LogP contribution in [0.5, 0.6) is 5.75 Å². The first-order chi connectivity index (χ1) is 9.34. The van der Waals surface area contributed by atoms with Crippen molar-refractivity contribution in [1.29, 1.82) is 0 Å². The van der Waals surface area contributed by atoms with Gasteiger partial charge in [-0.05, 0) is 36.5 Å². The Morgan fingerprint density at radius 1 is 1.25 bits per heavy atom. The lowest BCUT2D eigenvalue weighted by molar-refractivity contribution is -0.0498. The van der Waals surface area contributed by atoms with Gasteiger partial charge in [-0.3, -0.25) is 0 Å². The van der Waals surface area contributed by atoms with Gasteiger partial charge in [0.15, 0.2) is 0 Å². The first kappa shape index (κ1) is 16.9. The van der Waals surface area contributed by atoms with Gasteiger partial charge in [0.1, 0.15) is 5.75 Å². The van der Waals surface area contributed by atoms with Gasteiger partial charge in [-0.15, -0.1) is 0 Å². The molecule has 0 fully saturated rings. The number of nitrogens with one attached hydrogen (secondary N) is 1. The first-order valence-electron chi connectivity index (χ1n) is 6.73. The number of hydrogen-bond acceptors (Lipinski definition) is 3. The number of aliphatic hydroxyl groups is 1. The Labute approximate surface area is 119 Å². The molecule has 0 spiro atoms. The molecule has 0 aliphatic carbocycles. The van der Waals surface area contributed by atoms with E-state index in [4.69, 9.17) is 5.11 Å². The number of aliphatic hydroxyl groups excluding tert-OH is 1. The van der Waals surface area contributed by atoms with Gasteiger partial charge in [-0.2, -0.15) is 8.78 Å². The van der Waals surface area contributed by atoms with Crippen molar-refractivity contribution in [2.75, 3.05) is 13.2 Å². The molecular formula is C15H23F2NO2. The molecule has 1 unspecified atom stereocenters. The lowest BCUT2D eigenvalue weighted by Gasteiger charge is -2.26. The maximum Gasteiger partial charge on any atom is 0.387 e. The number of alkyl halides is 2. The molecule has 0 saturated heterocycles. The van der Waals surface area contributed by atoms with Gasteiger partial charge in [-0.1, -0.05) is 26.0 Å². The van der Waals surface area contributed by atoms with Crippen molar-refractivity contribution >= 4 is 0 Å². The van der Waals surface area contributed by atoms with E-state index in [1.165, 1.54) is 0 Å². The van der Waals surface area contributed by atoms with E-state index in [9.17, 15) is 8.78 Å². The molecule has 0 aliphatic heterocycles. The van der Waals surface area contributed by atoms with Crippen molar-refractivity contribution in [3.8, 4) is 5.75 Å². The van der Waals surface area contributed by atoms with Crippen LogP contribution in [0.25, 0.3) is 0 Å². The lowest BCUT2D eigenvalue weighted by Crippen LogP contribution is -2.32. The second-order valence-electron chi connectivity index (χ2n) is 5.69. The van der Waals surface area contributed by atoms with Gasteiger partial charge in [0.05, 0.1) is 0 Å². The molecule has 2 N–H and O–H groups in total. The average Bonchev–Trinajstić information content (AvgIpc) is 2.36. The smallest absolute Gasteiger partial charge is 0.387 e. The fourth-order valence-electron chi connectivity index (χ4n) is 1.88. The number of rotatable bonds is 8. The Morgan fingerprint density at radius 3 is 2.35 bits per heavy atom. The van der Waals surface area contributed by atoms with Gasteiger partial charge in [0.2, 0.25) is 0 Å². The minimum absolute atomic E-state index is 0.0156. The third kappa shape index (κ3) is 5.84. The molecule has 1 aromatic carbocycles. The topological polar surface area (TPSA) is 41.5 Å². The maximum absolute atomic E-state index is 12.0. The van der Waals surface area contributed by atoms with Crippen molar-refractivity contribution in [2.45, 2.75) is 39.8 Å². The second kappa shape index (κ2) is 7.55. The SMILES string of the molecule is CC(NCC(C)(C)CCO)c1ccc(OC(F)F)cc1. The van der Waals surface area contributed by atoms with Crippen LogP contribution in [0.1, 0.15) is 38.8 Å². The Bertz CT molecular complexity index is 393. The summed E-state index contributed by atoms with van der Waals surface area (Å²) in [5.41, 5.74) is 1.02. The van der Waals surface area contributed by atoms with E-state index in [0.29, 0.717) is 0 Å². The highest BCUT2D eigenvalue weighted by Gasteiger charge is 2.18. The molecule has 3 nitrogen and oxygen atoms in total. The average molecular weight is 287 g/mol. The fourth-order valence-corrected chi connectivity index (χ4v) is 1.88. The predicted molar refractivity (Wildman–Crippen MR) is 75.0 cm³/mol. The van der Waals surface area contributed by atoms with Gasteiger partial charge < -0.3 is 15.2 Å². The fraction of sp³-hybridized carbons (Fsp3) is 0.600. The molecule has 20 heavy (non-hydrogen) atoms. The van der Waals surface area contributed by atoms with Crippen LogP contribution in [0, 0.1) is 5.41 Å². The van der Waals surface area contributed by atoms with E-state index in [-0.39, 0.29) is 23.8 Å². The molecule has 0 bridgehead atoms. The number of hydrogen-bond donors (Lipinski definition) is 2. The van der Waals surface area contributed by atoms with Gasteiger partial charge in [-0.25, -0.2) is 0 Å². The van der Waals surface area contributed by atoms with E-state index >= 15 is 0 Å². The first-order valence-corrected chi connectivity index (χ1v) is 6.73. The normalized spacial score (nSPS) is 13.6. The maximum atomic E-state index is 12.0. The van der Waals surface area contributed by atoms with Gasteiger partial charge in [0.25, 0.3) is 0 Å². The van der Waals surface area contributed by atoms with E-state index in [2.05, 4.69) is 23.9 Å². The zero-order chi connectivity index (χ0) is 15.2. The quantitative estimate of drug-likeness (QED) is 0.770. The van der Waals surface area contributed by atoms with Crippen LogP contribution in [0.4, 0.5) is 8.78 Å². The molecule has 0 saturated carbocycles. The van der Waals surface area contributed by atoms with Crippen LogP contribution in [-0.2, 0) is 0 Å². The monoisotopic (exact) mass is 287 g/mol. The highest BCUT2D eigenvalue weighted by molar-refractivity contribution is 5.28. The Hall–Kier alpha value is -1.20. The third-order valence-corrected chi connectivity index (χ3v) is 3.28. The largest absolute Gasteiger partial charge is 0.435 e. The van der Waals surface area contributed by atoms with Crippen LogP contribution < -0.4 is 10.1 Å². The Morgan fingerprint density at radius 2 is 1.85 bits per heavy atom.